The Morgan fingerprint density at radius 1 is 0.305 bits per heavy atom. The van der Waals surface area contributed by atoms with Gasteiger partial charge in [0.1, 0.15) is 0 Å². The molecule has 11 aromatic rings. The van der Waals surface area contributed by atoms with Crippen molar-refractivity contribution in [3.05, 3.63) is 241 Å². The molecule has 0 fully saturated rings. The summed E-state index contributed by atoms with van der Waals surface area (Å²) in [6.07, 6.45) is 0. The summed E-state index contributed by atoms with van der Waals surface area (Å²) in [7, 11) is 0. The lowest BCUT2D eigenvalue weighted by molar-refractivity contribution is 0.792. The van der Waals surface area contributed by atoms with Gasteiger partial charge in [0.05, 0.1) is 27.7 Å². The number of hydrogen-bond donors (Lipinski definition) is 0. The molecule has 0 unspecified atom stereocenters. The van der Waals surface area contributed by atoms with Crippen LogP contribution < -0.4 is 0 Å². The molecule has 2 aromatic heterocycles. The molecule has 0 radical (unpaired) electrons. The molecule has 0 bridgehead atoms. The highest BCUT2D eigenvalue weighted by Crippen LogP contribution is 2.63. The average molecular weight is 749 g/mol. The first kappa shape index (κ1) is 32.4. The molecule has 2 aliphatic rings. The first-order chi connectivity index (χ1) is 29.3. The van der Waals surface area contributed by atoms with E-state index in [1.54, 1.807) is 0 Å². The quantitative estimate of drug-likeness (QED) is 0.170. The number of hydrogen-bond acceptors (Lipinski definition) is 0. The molecule has 0 atom stereocenters. The van der Waals surface area contributed by atoms with Gasteiger partial charge in [0, 0.05) is 33.1 Å². The normalized spacial score (nSPS) is 13.2. The molecule has 0 saturated carbocycles. The lowest BCUT2D eigenvalue weighted by Crippen LogP contribution is -2.26. The predicted octanol–water partition coefficient (Wildman–Crippen LogP) is 14.4. The third-order valence-corrected chi connectivity index (χ3v) is 13.1. The highest BCUT2D eigenvalue weighted by Gasteiger charge is 2.51. The summed E-state index contributed by atoms with van der Waals surface area (Å²) in [5, 5.41) is 3.69. The molecule has 0 N–H and O–H groups in total. The maximum absolute atomic E-state index is 2.56. The Balaban J connectivity index is 1.20. The van der Waals surface area contributed by atoms with Crippen molar-refractivity contribution >= 4 is 32.7 Å². The third-order valence-electron chi connectivity index (χ3n) is 13.1. The van der Waals surface area contributed by atoms with Gasteiger partial charge in [-0.1, -0.05) is 188 Å². The van der Waals surface area contributed by atoms with Crippen molar-refractivity contribution in [1.82, 2.24) is 9.13 Å². The number of rotatable bonds is 4. The molecule has 2 nitrogen and oxygen atoms in total. The molecule has 0 saturated heterocycles. The first-order valence-corrected chi connectivity index (χ1v) is 20.5. The van der Waals surface area contributed by atoms with Gasteiger partial charge >= 0.3 is 0 Å². The summed E-state index contributed by atoms with van der Waals surface area (Å²) in [5.74, 6) is 0. The molecule has 9 aromatic carbocycles. The zero-order valence-corrected chi connectivity index (χ0v) is 32.2. The Hall–Kier alpha value is -7.68. The van der Waals surface area contributed by atoms with Crippen LogP contribution in [0.4, 0.5) is 0 Å². The van der Waals surface area contributed by atoms with Gasteiger partial charge in [-0.2, -0.15) is 0 Å². The molecule has 1 spiro atoms. The summed E-state index contributed by atoms with van der Waals surface area (Å²) < 4.78 is 5.08. The predicted molar refractivity (Wildman–Crippen MR) is 245 cm³/mol. The molecule has 2 aliphatic carbocycles. The zero-order chi connectivity index (χ0) is 38.7. The second-order valence-electron chi connectivity index (χ2n) is 16.0. The van der Waals surface area contributed by atoms with Crippen molar-refractivity contribution in [1.29, 1.82) is 0 Å². The van der Waals surface area contributed by atoms with Crippen LogP contribution in [0.15, 0.2) is 218 Å². The van der Waals surface area contributed by atoms with Gasteiger partial charge in [0.15, 0.2) is 0 Å². The molecular formula is C57H36N2. The minimum atomic E-state index is -0.436. The molecule has 0 amide bonds. The van der Waals surface area contributed by atoms with Crippen molar-refractivity contribution in [2.75, 3.05) is 0 Å². The Morgan fingerprint density at radius 2 is 0.797 bits per heavy atom. The Labute approximate surface area is 342 Å². The molecule has 2 heteroatoms. The van der Waals surface area contributed by atoms with Crippen molar-refractivity contribution in [3.63, 3.8) is 0 Å². The van der Waals surface area contributed by atoms with Crippen LogP contribution in [-0.4, -0.2) is 9.13 Å². The van der Waals surface area contributed by atoms with Gasteiger partial charge in [0.25, 0.3) is 0 Å². The average Bonchev–Trinajstić information content (AvgIpc) is 4.02. The molecular weight excluding hydrogens is 713 g/mol. The standard InChI is InChI=1S/C57H36N2/c1-4-18-37(19-5-1)53-47-35-34-46-45-27-13-17-31-52(45)58(55(46)56(47)59(39-22-8-3-9-23-39)54(53)38-20-6-2-7-21-38)40-32-33-44-43-26-12-16-30-50(43)57(51(44)36-40)48-28-14-10-24-41(48)42-25-11-15-29-49(42)57/h1-36H. The number of benzene rings is 9. The Kier molecular flexibility index (Phi) is 6.68. The van der Waals surface area contributed by atoms with Crippen molar-refractivity contribution in [2.24, 2.45) is 0 Å². The molecule has 59 heavy (non-hydrogen) atoms. The van der Waals surface area contributed by atoms with E-state index in [9.17, 15) is 0 Å². The summed E-state index contributed by atoms with van der Waals surface area (Å²) in [4.78, 5) is 0. The summed E-state index contributed by atoms with van der Waals surface area (Å²) >= 11 is 0. The zero-order valence-electron chi connectivity index (χ0n) is 32.2. The second kappa shape index (κ2) is 12.2. The van der Waals surface area contributed by atoms with E-state index in [-0.39, 0.29) is 0 Å². The summed E-state index contributed by atoms with van der Waals surface area (Å²) in [6, 6.07) is 81.0. The molecule has 0 aliphatic heterocycles. The fraction of sp³-hybridized carbons (Fsp3) is 0.0175. The second-order valence-corrected chi connectivity index (χ2v) is 16.0. The van der Waals surface area contributed by atoms with E-state index in [1.165, 1.54) is 99.6 Å². The third kappa shape index (κ3) is 4.25. The largest absolute Gasteiger partial charge is 0.307 e. The number of nitrogens with zero attached hydrogens (tertiary/aromatic N) is 2. The maximum atomic E-state index is 2.56. The monoisotopic (exact) mass is 748 g/mol. The van der Waals surface area contributed by atoms with Crippen LogP contribution in [0.25, 0.3) is 88.7 Å². The topological polar surface area (TPSA) is 9.86 Å². The van der Waals surface area contributed by atoms with Crippen LogP contribution in [0.3, 0.4) is 0 Å². The molecule has 2 heterocycles. The lowest BCUT2D eigenvalue weighted by Gasteiger charge is -2.30. The van der Waals surface area contributed by atoms with E-state index < -0.39 is 5.41 Å². The van der Waals surface area contributed by atoms with Crippen LogP contribution in [0, 0.1) is 0 Å². The fourth-order valence-corrected chi connectivity index (χ4v) is 10.9. The van der Waals surface area contributed by atoms with Crippen molar-refractivity contribution in [2.45, 2.75) is 5.41 Å². The maximum Gasteiger partial charge on any atom is 0.0789 e. The summed E-state index contributed by atoms with van der Waals surface area (Å²) in [5.41, 5.74) is 20.9. The van der Waals surface area contributed by atoms with Crippen LogP contribution in [0.2, 0.25) is 0 Å². The smallest absolute Gasteiger partial charge is 0.0789 e. The fourth-order valence-electron chi connectivity index (χ4n) is 10.9. The van der Waals surface area contributed by atoms with Crippen LogP contribution >= 0.6 is 0 Å². The lowest BCUT2D eigenvalue weighted by atomic mass is 9.70. The highest BCUT2D eigenvalue weighted by molar-refractivity contribution is 6.22. The minimum absolute atomic E-state index is 0.436. The van der Waals surface area contributed by atoms with E-state index in [0.29, 0.717) is 0 Å². The SMILES string of the molecule is c1ccc(-c2c(-c3ccccc3)n(-c3ccccc3)c3c2ccc2c4ccccc4n(-c4ccc5c(c4)C4(c6ccccc6-c6ccccc64)c4ccccc4-5)c23)cc1. The van der Waals surface area contributed by atoms with Crippen LogP contribution in [0.5, 0.6) is 0 Å². The van der Waals surface area contributed by atoms with Gasteiger partial charge in [-0.3, -0.25) is 0 Å². The van der Waals surface area contributed by atoms with E-state index in [4.69, 9.17) is 0 Å². The van der Waals surface area contributed by atoms with E-state index in [1.807, 2.05) is 0 Å². The van der Waals surface area contributed by atoms with Crippen molar-refractivity contribution < 1.29 is 0 Å². The van der Waals surface area contributed by atoms with E-state index >= 15 is 0 Å². The minimum Gasteiger partial charge on any atom is -0.307 e. The highest BCUT2D eigenvalue weighted by atomic mass is 15.1. The van der Waals surface area contributed by atoms with Gasteiger partial charge in [0.2, 0.25) is 0 Å². The van der Waals surface area contributed by atoms with Gasteiger partial charge < -0.3 is 9.13 Å². The Morgan fingerprint density at radius 3 is 1.44 bits per heavy atom. The van der Waals surface area contributed by atoms with E-state index in [0.717, 1.165) is 11.4 Å². The number of aromatic nitrogens is 2. The number of fused-ring (bicyclic) bond motifs is 15. The number of para-hydroxylation sites is 2. The van der Waals surface area contributed by atoms with Crippen LogP contribution in [0.1, 0.15) is 22.3 Å². The molecule has 13 rings (SSSR count). The van der Waals surface area contributed by atoms with Crippen LogP contribution in [-0.2, 0) is 5.41 Å². The Bertz CT molecular complexity index is 3410. The van der Waals surface area contributed by atoms with Gasteiger partial charge in [-0.05, 0) is 86.0 Å². The van der Waals surface area contributed by atoms with Crippen molar-refractivity contribution in [3.8, 4) is 56.0 Å². The molecule has 274 valence electrons. The van der Waals surface area contributed by atoms with Gasteiger partial charge in [-0.15, -0.1) is 0 Å². The summed E-state index contributed by atoms with van der Waals surface area (Å²) in [6.45, 7) is 0. The first-order valence-electron chi connectivity index (χ1n) is 20.5. The van der Waals surface area contributed by atoms with Gasteiger partial charge in [-0.25, -0.2) is 0 Å². The van der Waals surface area contributed by atoms with E-state index in [2.05, 4.69) is 228 Å².